The van der Waals surface area contributed by atoms with Crippen LogP contribution in [0.4, 0.5) is 0 Å². The average molecular weight is 768 g/mol. The highest BCUT2D eigenvalue weighted by Crippen LogP contribution is 2.38. The van der Waals surface area contributed by atoms with Crippen molar-refractivity contribution in [2.45, 2.75) is 30.0 Å². The second-order valence-electron chi connectivity index (χ2n) is 12.1. The van der Waals surface area contributed by atoms with Crippen molar-refractivity contribution in [1.29, 1.82) is 0 Å². The quantitative estimate of drug-likeness (QED) is 0.114. The number of carboxylic acids is 1. The molecule has 3 heterocycles. The Bertz CT molecular complexity index is 2400. The van der Waals surface area contributed by atoms with Crippen molar-refractivity contribution >= 4 is 61.2 Å². The van der Waals surface area contributed by atoms with Crippen LogP contribution in [0.3, 0.4) is 0 Å². The number of sulfonamides is 1. The summed E-state index contributed by atoms with van der Waals surface area (Å²) in [6.07, 6.45) is 0.873. The molecule has 0 atom stereocenters. The molecule has 0 unspecified atom stereocenters. The summed E-state index contributed by atoms with van der Waals surface area (Å²) in [5.74, 6) is -0.451. The molecule has 7 aromatic rings. The second-order valence-corrected chi connectivity index (χ2v) is 16.7. The molecule has 0 bridgehead atoms. The van der Waals surface area contributed by atoms with Crippen LogP contribution in [-0.2, 0) is 22.9 Å². The van der Waals surface area contributed by atoms with Gasteiger partial charge < -0.3 is 14.4 Å². The van der Waals surface area contributed by atoms with Crippen molar-refractivity contribution in [3.05, 3.63) is 159 Å². The van der Waals surface area contributed by atoms with E-state index in [1.165, 1.54) is 34.8 Å². The lowest BCUT2D eigenvalue weighted by molar-refractivity contribution is 0.0697. The van der Waals surface area contributed by atoms with E-state index in [1.54, 1.807) is 24.3 Å². The Morgan fingerprint density at radius 3 is 2.25 bits per heavy atom. The number of nitrogens with zero attached hydrogens (tertiary/aromatic N) is 2. The lowest BCUT2D eigenvalue weighted by atomic mass is 9.97. The Morgan fingerprint density at radius 1 is 0.923 bits per heavy atom. The van der Waals surface area contributed by atoms with Crippen molar-refractivity contribution in [2.24, 2.45) is 0 Å². The van der Waals surface area contributed by atoms with Gasteiger partial charge >= 0.3 is 5.97 Å². The molecular formula is C40H34ClN3O5S3. The fourth-order valence-electron chi connectivity index (χ4n) is 6.43. The monoisotopic (exact) mass is 767 g/mol. The molecular weight excluding hydrogens is 734 g/mol. The van der Waals surface area contributed by atoms with E-state index >= 15 is 0 Å². The smallest absolute Gasteiger partial charge is 0.335 e. The van der Waals surface area contributed by atoms with E-state index in [9.17, 15) is 18.3 Å². The van der Waals surface area contributed by atoms with E-state index in [0.717, 1.165) is 48.9 Å². The molecule has 52 heavy (non-hydrogen) atoms. The van der Waals surface area contributed by atoms with Gasteiger partial charge in [0.15, 0.2) is 0 Å². The number of aryl methyl sites for hydroxylation is 1. The van der Waals surface area contributed by atoms with Crippen LogP contribution < -0.4 is 9.46 Å². The molecule has 264 valence electrons. The van der Waals surface area contributed by atoms with Crippen molar-refractivity contribution in [3.63, 3.8) is 0 Å². The van der Waals surface area contributed by atoms with Gasteiger partial charge in [-0.05, 0) is 78.2 Å². The number of ether oxygens (including phenoxy) is 1. The first-order chi connectivity index (χ1) is 25.2. The van der Waals surface area contributed by atoms with E-state index in [-0.39, 0.29) is 22.4 Å². The number of benzene rings is 4. The highest BCUT2D eigenvalue weighted by molar-refractivity contribution is 7.91. The van der Waals surface area contributed by atoms with Gasteiger partial charge in [0.05, 0.1) is 33.8 Å². The third kappa shape index (κ3) is 7.69. The summed E-state index contributed by atoms with van der Waals surface area (Å²) >= 11 is 9.36. The number of carbonyl (C=O) groups is 1. The Hall–Kier alpha value is -4.78. The van der Waals surface area contributed by atoms with Gasteiger partial charge in [-0.2, -0.15) is 0 Å². The van der Waals surface area contributed by atoms with E-state index in [4.69, 9.17) is 16.3 Å². The normalized spacial score (nSPS) is 11.8. The lowest BCUT2D eigenvalue weighted by Gasteiger charge is -2.25. The van der Waals surface area contributed by atoms with Crippen molar-refractivity contribution in [2.75, 3.05) is 13.2 Å². The van der Waals surface area contributed by atoms with Crippen LogP contribution in [-0.4, -0.2) is 42.2 Å². The van der Waals surface area contributed by atoms with E-state index in [0.29, 0.717) is 30.2 Å². The number of halogens is 1. The maximum absolute atomic E-state index is 13.6. The molecule has 0 spiro atoms. The summed E-state index contributed by atoms with van der Waals surface area (Å²) in [6.45, 7) is 2.37. The van der Waals surface area contributed by atoms with Crippen LogP contribution in [0, 0.1) is 6.92 Å². The average Bonchev–Trinajstić information content (AvgIpc) is 3.89. The molecule has 2 N–H and O–H groups in total. The third-order valence-corrected chi connectivity index (χ3v) is 12.8. The predicted octanol–water partition coefficient (Wildman–Crippen LogP) is 9.27. The minimum Gasteiger partial charge on any atom is -0.493 e. The number of rotatable bonds is 14. The largest absolute Gasteiger partial charge is 0.493 e. The number of hydrogen-bond acceptors (Lipinski definition) is 7. The molecule has 7 rings (SSSR count). The van der Waals surface area contributed by atoms with Crippen molar-refractivity contribution in [3.8, 4) is 16.3 Å². The number of carboxylic acid groups (broad SMARTS) is 1. The Morgan fingerprint density at radius 2 is 1.62 bits per heavy atom. The van der Waals surface area contributed by atoms with Gasteiger partial charge in [0, 0.05) is 46.4 Å². The number of aromatic nitrogens is 2. The minimum atomic E-state index is -3.81. The van der Waals surface area contributed by atoms with E-state index in [2.05, 4.69) is 38.5 Å². The van der Waals surface area contributed by atoms with Crippen molar-refractivity contribution < 1.29 is 23.1 Å². The minimum absolute atomic E-state index is 0.149. The first kappa shape index (κ1) is 35.6. The maximum atomic E-state index is 13.6. The molecule has 8 nitrogen and oxygen atoms in total. The second kappa shape index (κ2) is 15.4. The van der Waals surface area contributed by atoms with Gasteiger partial charge in [-0.15, -0.1) is 22.7 Å². The van der Waals surface area contributed by atoms with Gasteiger partial charge in [-0.25, -0.2) is 22.9 Å². The summed E-state index contributed by atoms with van der Waals surface area (Å²) in [6, 6.07) is 35.9. The van der Waals surface area contributed by atoms with Crippen molar-refractivity contribution in [1.82, 2.24) is 14.3 Å². The SMILES string of the molecule is Cc1nc(-c2ccc(S(=O)(=O)NCCc3c(CCOc4ccc(C(=O)O)cc4)c4cc(Cl)ccc4n3C(c3ccccc3)c3ccccc3)s2)cs1. The molecule has 0 aliphatic rings. The van der Waals surface area contributed by atoms with Crippen LogP contribution >= 0.6 is 34.3 Å². The van der Waals surface area contributed by atoms with Crippen LogP contribution in [0.2, 0.25) is 5.02 Å². The van der Waals surface area contributed by atoms with Gasteiger partial charge in [0.1, 0.15) is 9.96 Å². The van der Waals surface area contributed by atoms with Crippen LogP contribution in [0.25, 0.3) is 21.5 Å². The fourth-order valence-corrected chi connectivity index (χ4v) is 9.63. The zero-order valence-electron chi connectivity index (χ0n) is 28.0. The molecule has 0 saturated heterocycles. The van der Waals surface area contributed by atoms with Crippen LogP contribution in [0.5, 0.6) is 5.75 Å². The van der Waals surface area contributed by atoms with Crippen LogP contribution in [0.15, 0.2) is 125 Å². The number of fused-ring (bicyclic) bond motifs is 1. The molecule has 0 saturated carbocycles. The molecule has 0 aliphatic carbocycles. The molecule has 0 fully saturated rings. The third-order valence-electron chi connectivity index (χ3n) is 8.76. The summed E-state index contributed by atoms with van der Waals surface area (Å²) in [7, 11) is -3.81. The summed E-state index contributed by atoms with van der Waals surface area (Å²) in [5, 5.41) is 13.7. The molecule has 0 aliphatic heterocycles. The standard InChI is InChI=1S/C40H34ClN3O5S3/c1-26-43-34(25-50-26)37-18-19-38(51-37)52(47,48)42-22-20-36-32(21-23-49-31-15-12-29(13-16-31)40(45)46)33-24-30(41)14-17-35(33)44(36)39(27-8-4-2-5-9-27)28-10-6-3-7-11-28/h2-19,24-25,39,42H,20-23H2,1H3,(H,45,46). The van der Waals surface area contributed by atoms with Crippen LogP contribution in [0.1, 0.15) is 43.8 Å². The Kier molecular flexibility index (Phi) is 10.6. The number of aromatic carboxylic acids is 1. The topological polar surface area (TPSA) is 111 Å². The fraction of sp³-hybridized carbons (Fsp3) is 0.150. The summed E-state index contributed by atoms with van der Waals surface area (Å²) in [5.41, 5.74) is 6.01. The molecule has 3 aromatic heterocycles. The number of hydrogen-bond donors (Lipinski definition) is 2. The highest BCUT2D eigenvalue weighted by Gasteiger charge is 2.26. The molecule has 4 aromatic carbocycles. The zero-order chi connectivity index (χ0) is 36.2. The molecule has 12 heteroatoms. The lowest BCUT2D eigenvalue weighted by Crippen LogP contribution is -2.27. The van der Waals surface area contributed by atoms with E-state index < -0.39 is 16.0 Å². The summed E-state index contributed by atoms with van der Waals surface area (Å²) < 4.78 is 38.8. The zero-order valence-corrected chi connectivity index (χ0v) is 31.2. The van der Waals surface area contributed by atoms with Gasteiger partial charge in [0.2, 0.25) is 10.0 Å². The first-order valence-electron chi connectivity index (χ1n) is 16.6. The number of thiazole rings is 1. The van der Waals surface area contributed by atoms with E-state index in [1.807, 2.05) is 66.9 Å². The van der Waals surface area contributed by atoms with Gasteiger partial charge in [0.25, 0.3) is 0 Å². The molecule has 0 radical (unpaired) electrons. The first-order valence-corrected chi connectivity index (χ1v) is 20.1. The molecule has 0 amide bonds. The maximum Gasteiger partial charge on any atom is 0.335 e. The predicted molar refractivity (Wildman–Crippen MR) is 209 cm³/mol. The number of thiophene rings is 1. The van der Waals surface area contributed by atoms with Gasteiger partial charge in [-0.3, -0.25) is 0 Å². The Balaban J connectivity index is 1.27. The van der Waals surface area contributed by atoms with Gasteiger partial charge in [-0.1, -0.05) is 72.3 Å². The number of nitrogens with one attached hydrogen (secondary N) is 1. The Labute approximate surface area is 315 Å². The summed E-state index contributed by atoms with van der Waals surface area (Å²) in [4.78, 5) is 16.7. The highest BCUT2D eigenvalue weighted by atomic mass is 35.5.